The highest BCUT2D eigenvalue weighted by Crippen LogP contribution is 2.38. The summed E-state index contributed by atoms with van der Waals surface area (Å²) in [6.45, 7) is 8.99. The summed E-state index contributed by atoms with van der Waals surface area (Å²) in [7, 11) is 0. The molecule has 6 nitrogen and oxygen atoms in total. The number of carbonyl (C=O) groups is 1. The van der Waals surface area contributed by atoms with Crippen LogP contribution in [0.15, 0.2) is 51.7 Å². The topological polar surface area (TPSA) is 63.0 Å². The highest BCUT2D eigenvalue weighted by Gasteiger charge is 2.42. The van der Waals surface area contributed by atoms with Gasteiger partial charge >= 0.3 is 0 Å². The number of ether oxygens (including phenoxy) is 1. The average molecular weight is 481 g/mol. The van der Waals surface area contributed by atoms with Crippen LogP contribution in [-0.4, -0.2) is 55.1 Å². The monoisotopic (exact) mass is 480 g/mol. The normalized spacial score (nSPS) is 18.8. The van der Waals surface area contributed by atoms with Gasteiger partial charge in [0.25, 0.3) is 5.91 Å². The van der Waals surface area contributed by atoms with Gasteiger partial charge < -0.3 is 14.1 Å². The Morgan fingerprint density at radius 2 is 1.76 bits per heavy atom. The van der Waals surface area contributed by atoms with E-state index in [1.54, 1.807) is 23.1 Å². The lowest BCUT2D eigenvalue weighted by Gasteiger charge is -2.29. The Balaban J connectivity index is 1.53. The second-order valence-corrected chi connectivity index (χ2v) is 9.78. The summed E-state index contributed by atoms with van der Waals surface area (Å²) in [5.41, 5.74) is 2.72. The van der Waals surface area contributed by atoms with E-state index in [9.17, 15) is 9.59 Å². The van der Waals surface area contributed by atoms with E-state index in [-0.39, 0.29) is 17.1 Å². The van der Waals surface area contributed by atoms with E-state index >= 15 is 0 Å². The lowest BCUT2D eigenvalue weighted by molar-refractivity contribution is 0.0353. The molecule has 0 aliphatic carbocycles. The third-order valence-electron chi connectivity index (χ3n) is 6.82. The van der Waals surface area contributed by atoms with Crippen LogP contribution in [0.1, 0.15) is 59.5 Å². The molecule has 1 aromatic heterocycles. The van der Waals surface area contributed by atoms with Crippen molar-refractivity contribution in [1.82, 2.24) is 9.80 Å². The maximum Gasteiger partial charge on any atom is 0.290 e. The number of benzene rings is 2. The standard InChI is InChI=1S/C27H29ClN2O4/c1-17(2)18-4-6-19(7-5-18)24-23-25(31)21-16-20(28)8-9-22(21)34-26(23)27(32)30(24)11-3-10-29-12-14-33-15-13-29/h4-9,16-17,24H,3,10-15H2,1-2H3/t24-/m0/s1. The van der Waals surface area contributed by atoms with Crippen LogP contribution in [-0.2, 0) is 4.74 Å². The van der Waals surface area contributed by atoms with E-state index in [1.807, 2.05) is 12.1 Å². The van der Waals surface area contributed by atoms with Crippen LogP contribution in [0.25, 0.3) is 11.0 Å². The second kappa shape index (κ2) is 9.53. The molecule has 2 aromatic carbocycles. The minimum absolute atomic E-state index is 0.143. The number of carbonyl (C=O) groups excluding carboxylic acids is 1. The first kappa shape index (κ1) is 23.1. The van der Waals surface area contributed by atoms with Gasteiger partial charge in [-0.05, 0) is 41.7 Å². The quantitative estimate of drug-likeness (QED) is 0.505. The van der Waals surface area contributed by atoms with E-state index in [0.717, 1.165) is 44.8 Å². The van der Waals surface area contributed by atoms with Gasteiger partial charge in [0.2, 0.25) is 5.76 Å². The molecule has 2 aliphatic rings. The van der Waals surface area contributed by atoms with Crippen LogP contribution < -0.4 is 5.43 Å². The fourth-order valence-corrected chi connectivity index (χ4v) is 5.09. The number of hydrogen-bond acceptors (Lipinski definition) is 5. The highest BCUT2D eigenvalue weighted by atomic mass is 35.5. The van der Waals surface area contributed by atoms with Gasteiger partial charge in [0.1, 0.15) is 5.58 Å². The molecule has 3 aromatic rings. The number of amides is 1. The molecule has 0 N–H and O–H groups in total. The maximum atomic E-state index is 13.6. The van der Waals surface area contributed by atoms with Crippen LogP contribution in [0.5, 0.6) is 0 Å². The molecule has 0 bridgehead atoms. The predicted octanol–water partition coefficient (Wildman–Crippen LogP) is 4.84. The van der Waals surface area contributed by atoms with Crippen molar-refractivity contribution in [2.45, 2.75) is 32.2 Å². The molecule has 1 atom stereocenters. The zero-order valence-electron chi connectivity index (χ0n) is 19.6. The minimum atomic E-state index is -0.479. The van der Waals surface area contributed by atoms with Crippen LogP contribution >= 0.6 is 11.6 Å². The summed E-state index contributed by atoms with van der Waals surface area (Å²) in [5, 5.41) is 0.863. The largest absolute Gasteiger partial charge is 0.450 e. The smallest absolute Gasteiger partial charge is 0.290 e. The van der Waals surface area contributed by atoms with Gasteiger partial charge in [-0.15, -0.1) is 0 Å². The molecule has 178 valence electrons. The summed E-state index contributed by atoms with van der Waals surface area (Å²) in [6, 6.07) is 12.7. The fraction of sp³-hybridized carbons (Fsp3) is 0.407. The lowest BCUT2D eigenvalue weighted by atomic mass is 9.95. The Bertz CT molecular complexity index is 1260. The lowest BCUT2D eigenvalue weighted by Crippen LogP contribution is -2.38. The zero-order valence-corrected chi connectivity index (χ0v) is 20.3. The first-order valence-electron chi connectivity index (χ1n) is 11.9. The van der Waals surface area contributed by atoms with Crippen molar-refractivity contribution in [3.8, 4) is 0 Å². The summed E-state index contributed by atoms with van der Waals surface area (Å²) in [4.78, 5) is 31.3. The first-order valence-corrected chi connectivity index (χ1v) is 12.3. The van der Waals surface area contributed by atoms with Gasteiger partial charge in [-0.3, -0.25) is 14.5 Å². The van der Waals surface area contributed by atoms with Crippen molar-refractivity contribution in [3.63, 3.8) is 0 Å². The van der Waals surface area contributed by atoms with Gasteiger partial charge in [-0.1, -0.05) is 49.7 Å². The molecule has 1 fully saturated rings. The molecular formula is C27H29ClN2O4. The van der Waals surface area contributed by atoms with Gasteiger partial charge in [-0.25, -0.2) is 0 Å². The number of fused-ring (bicyclic) bond motifs is 2. The Morgan fingerprint density at radius 3 is 2.47 bits per heavy atom. The second-order valence-electron chi connectivity index (χ2n) is 9.34. The molecule has 0 radical (unpaired) electrons. The number of nitrogens with zero attached hydrogens (tertiary/aromatic N) is 2. The van der Waals surface area contributed by atoms with E-state index in [2.05, 4.69) is 30.9 Å². The maximum absolute atomic E-state index is 13.6. The molecule has 7 heteroatoms. The molecule has 0 unspecified atom stereocenters. The van der Waals surface area contributed by atoms with Gasteiger partial charge in [0.15, 0.2) is 5.43 Å². The summed E-state index contributed by atoms with van der Waals surface area (Å²) in [6.07, 6.45) is 0.805. The molecular weight excluding hydrogens is 452 g/mol. The highest BCUT2D eigenvalue weighted by molar-refractivity contribution is 6.31. The average Bonchev–Trinajstić information content (AvgIpc) is 3.12. The van der Waals surface area contributed by atoms with Crippen molar-refractivity contribution >= 4 is 28.5 Å². The van der Waals surface area contributed by atoms with Gasteiger partial charge in [0.05, 0.1) is 30.2 Å². The molecule has 0 spiro atoms. The van der Waals surface area contributed by atoms with E-state index in [1.165, 1.54) is 5.56 Å². The van der Waals surface area contributed by atoms with E-state index < -0.39 is 6.04 Å². The van der Waals surface area contributed by atoms with Crippen LogP contribution in [0.2, 0.25) is 5.02 Å². The number of halogens is 1. The van der Waals surface area contributed by atoms with Crippen LogP contribution in [0, 0.1) is 0 Å². The van der Waals surface area contributed by atoms with Crippen molar-refractivity contribution < 1.29 is 13.9 Å². The number of rotatable bonds is 6. The van der Waals surface area contributed by atoms with Gasteiger partial charge in [0, 0.05) is 31.2 Å². The van der Waals surface area contributed by atoms with Crippen molar-refractivity contribution in [2.75, 3.05) is 39.4 Å². The Hall–Kier alpha value is -2.67. The molecule has 5 rings (SSSR count). The molecule has 3 heterocycles. The Labute approximate surface area is 204 Å². The van der Waals surface area contributed by atoms with Crippen molar-refractivity contribution in [1.29, 1.82) is 0 Å². The third kappa shape index (κ3) is 4.26. The van der Waals surface area contributed by atoms with Crippen LogP contribution in [0.4, 0.5) is 0 Å². The first-order chi connectivity index (χ1) is 16.4. The Kier molecular flexibility index (Phi) is 6.47. The Morgan fingerprint density at radius 1 is 1.03 bits per heavy atom. The zero-order chi connectivity index (χ0) is 23.8. The summed E-state index contributed by atoms with van der Waals surface area (Å²) < 4.78 is 11.5. The molecule has 34 heavy (non-hydrogen) atoms. The SMILES string of the molecule is CC(C)c1ccc([C@H]2c3c(oc4ccc(Cl)cc4c3=O)C(=O)N2CCCN2CCOCC2)cc1. The molecule has 2 aliphatic heterocycles. The minimum Gasteiger partial charge on any atom is -0.450 e. The molecule has 0 saturated carbocycles. The van der Waals surface area contributed by atoms with Crippen LogP contribution in [0.3, 0.4) is 0 Å². The fourth-order valence-electron chi connectivity index (χ4n) is 4.92. The van der Waals surface area contributed by atoms with E-state index in [4.69, 9.17) is 20.8 Å². The number of morpholine rings is 1. The summed E-state index contributed by atoms with van der Waals surface area (Å²) >= 11 is 6.17. The number of hydrogen-bond donors (Lipinski definition) is 0. The predicted molar refractivity (Wildman–Crippen MR) is 133 cm³/mol. The van der Waals surface area contributed by atoms with E-state index in [0.29, 0.717) is 34.0 Å². The molecule has 1 saturated heterocycles. The third-order valence-corrected chi connectivity index (χ3v) is 7.06. The van der Waals surface area contributed by atoms with Crippen molar-refractivity contribution in [3.05, 3.63) is 80.2 Å². The summed E-state index contributed by atoms with van der Waals surface area (Å²) in [5.74, 6) is 0.306. The van der Waals surface area contributed by atoms with Crippen molar-refractivity contribution in [2.24, 2.45) is 0 Å². The molecule has 1 amide bonds. The van der Waals surface area contributed by atoms with Gasteiger partial charge in [-0.2, -0.15) is 0 Å².